The Kier molecular flexibility index (Phi) is 3.18. The van der Waals surface area contributed by atoms with Crippen LogP contribution in [0.3, 0.4) is 0 Å². The number of halogens is 2. The minimum absolute atomic E-state index is 1.00. The van der Waals surface area contributed by atoms with Crippen LogP contribution in [0, 0.1) is 0 Å². The molecule has 0 saturated carbocycles. The molecule has 0 saturated heterocycles. The van der Waals surface area contributed by atoms with E-state index in [2.05, 4.69) is 55.0 Å². The van der Waals surface area contributed by atoms with Gasteiger partial charge in [0, 0.05) is 26.1 Å². The molecule has 88 valence electrons. The Balaban J connectivity index is 2.40. The third kappa shape index (κ3) is 2.08. The van der Waals surface area contributed by atoms with Gasteiger partial charge in [-0.15, -0.1) is 0 Å². The maximum Gasteiger partial charge on any atom is 0.0709 e. The van der Waals surface area contributed by atoms with Gasteiger partial charge < -0.3 is 0 Å². The Hall–Kier alpha value is -1.19. The van der Waals surface area contributed by atoms with Gasteiger partial charge in [0.15, 0.2) is 0 Å². The highest BCUT2D eigenvalue weighted by molar-refractivity contribution is 9.10. The Morgan fingerprint density at radius 2 is 1.67 bits per heavy atom. The Labute approximate surface area is 122 Å². The van der Waals surface area contributed by atoms with Crippen molar-refractivity contribution in [1.29, 1.82) is 0 Å². The molecule has 0 spiro atoms. The molecule has 0 atom stereocenters. The van der Waals surface area contributed by atoms with Crippen molar-refractivity contribution in [3.63, 3.8) is 0 Å². The highest BCUT2D eigenvalue weighted by Gasteiger charge is 2.09. The monoisotopic (exact) mass is 361 g/mol. The zero-order valence-corrected chi connectivity index (χ0v) is 12.6. The molecule has 0 aliphatic rings. The Morgan fingerprint density at radius 1 is 0.889 bits per heavy atom. The van der Waals surface area contributed by atoms with E-state index in [0.29, 0.717) is 0 Å². The topological polar surface area (TPSA) is 12.9 Å². The van der Waals surface area contributed by atoms with Crippen LogP contribution < -0.4 is 0 Å². The number of hydrogen-bond acceptors (Lipinski definition) is 1. The molecule has 0 fully saturated rings. The second-order valence-electron chi connectivity index (χ2n) is 4.01. The van der Waals surface area contributed by atoms with Crippen LogP contribution in [0.15, 0.2) is 63.7 Å². The first-order valence-corrected chi connectivity index (χ1v) is 7.13. The predicted octanol–water partition coefficient (Wildman–Crippen LogP) is 5.43. The summed E-state index contributed by atoms with van der Waals surface area (Å²) in [5.41, 5.74) is 3.37. The van der Waals surface area contributed by atoms with E-state index in [1.165, 1.54) is 11.1 Å². The fraction of sp³-hybridized carbons (Fsp3) is 0. The molecule has 1 heterocycles. The van der Waals surface area contributed by atoms with Crippen molar-refractivity contribution in [2.45, 2.75) is 0 Å². The number of benzene rings is 2. The molecule has 0 aliphatic carbocycles. The lowest BCUT2D eigenvalue weighted by Crippen LogP contribution is -1.86. The molecular formula is C15H9Br2N. The summed E-state index contributed by atoms with van der Waals surface area (Å²) >= 11 is 7.12. The van der Waals surface area contributed by atoms with E-state index in [9.17, 15) is 0 Å². The second kappa shape index (κ2) is 4.82. The number of nitrogens with zero attached hydrogens (tertiary/aromatic N) is 1. The first-order chi connectivity index (χ1) is 8.75. The number of aromatic nitrogens is 1. The van der Waals surface area contributed by atoms with E-state index in [1.54, 1.807) is 0 Å². The average Bonchev–Trinajstić information content (AvgIpc) is 2.39. The average molecular weight is 363 g/mol. The molecular weight excluding hydrogens is 354 g/mol. The summed E-state index contributed by atoms with van der Waals surface area (Å²) in [7, 11) is 0. The Bertz CT molecular complexity index is 703. The molecule has 0 bridgehead atoms. The highest BCUT2D eigenvalue weighted by Crippen LogP contribution is 2.35. The number of fused-ring (bicyclic) bond motifs is 1. The SMILES string of the molecule is Brc1ccc2ncc(Br)c(-c3ccccc3)c2c1. The van der Waals surface area contributed by atoms with Gasteiger partial charge in [-0.25, -0.2) is 0 Å². The van der Waals surface area contributed by atoms with Crippen molar-refractivity contribution in [3.8, 4) is 11.1 Å². The van der Waals surface area contributed by atoms with Crippen LogP contribution in [0.2, 0.25) is 0 Å². The van der Waals surface area contributed by atoms with E-state index in [-0.39, 0.29) is 0 Å². The minimum atomic E-state index is 1.00. The summed E-state index contributed by atoms with van der Waals surface area (Å²) in [6.45, 7) is 0. The lowest BCUT2D eigenvalue weighted by atomic mass is 10.0. The molecule has 3 rings (SSSR count). The zero-order valence-electron chi connectivity index (χ0n) is 9.40. The van der Waals surface area contributed by atoms with Gasteiger partial charge in [0.2, 0.25) is 0 Å². The van der Waals surface area contributed by atoms with Crippen molar-refractivity contribution < 1.29 is 0 Å². The molecule has 0 unspecified atom stereocenters. The van der Waals surface area contributed by atoms with Gasteiger partial charge >= 0.3 is 0 Å². The fourth-order valence-electron chi connectivity index (χ4n) is 2.04. The molecule has 0 radical (unpaired) electrons. The maximum atomic E-state index is 4.44. The second-order valence-corrected chi connectivity index (χ2v) is 5.78. The lowest BCUT2D eigenvalue weighted by molar-refractivity contribution is 1.38. The summed E-state index contributed by atoms with van der Waals surface area (Å²) in [6.07, 6.45) is 1.86. The third-order valence-corrected chi connectivity index (χ3v) is 3.94. The van der Waals surface area contributed by atoms with Gasteiger partial charge in [-0.2, -0.15) is 0 Å². The standard InChI is InChI=1S/C15H9Br2N/c16-11-6-7-14-12(8-11)15(13(17)9-18-14)10-4-2-1-3-5-10/h1-9H. The van der Waals surface area contributed by atoms with Crippen LogP contribution in [0.5, 0.6) is 0 Å². The van der Waals surface area contributed by atoms with Crippen LogP contribution >= 0.6 is 31.9 Å². The molecule has 0 N–H and O–H groups in total. The molecule has 18 heavy (non-hydrogen) atoms. The van der Waals surface area contributed by atoms with Gasteiger partial charge in [0.1, 0.15) is 0 Å². The van der Waals surface area contributed by atoms with Crippen molar-refractivity contribution in [2.75, 3.05) is 0 Å². The van der Waals surface area contributed by atoms with E-state index in [4.69, 9.17) is 0 Å². The van der Waals surface area contributed by atoms with Crippen LogP contribution in [-0.4, -0.2) is 4.98 Å². The summed E-state index contributed by atoms with van der Waals surface area (Å²) in [4.78, 5) is 4.44. The van der Waals surface area contributed by atoms with Gasteiger partial charge in [-0.1, -0.05) is 46.3 Å². The van der Waals surface area contributed by atoms with E-state index >= 15 is 0 Å². The van der Waals surface area contributed by atoms with Crippen LogP contribution in [0.4, 0.5) is 0 Å². The van der Waals surface area contributed by atoms with Crippen molar-refractivity contribution in [2.24, 2.45) is 0 Å². The lowest BCUT2D eigenvalue weighted by Gasteiger charge is -2.09. The summed E-state index contributed by atoms with van der Waals surface area (Å²) < 4.78 is 2.08. The van der Waals surface area contributed by atoms with E-state index in [0.717, 1.165) is 19.8 Å². The van der Waals surface area contributed by atoms with Crippen LogP contribution in [-0.2, 0) is 0 Å². The summed E-state index contributed by atoms with van der Waals surface area (Å²) in [5, 5.41) is 1.14. The quantitative estimate of drug-likeness (QED) is 0.562. The molecule has 1 nitrogen and oxygen atoms in total. The van der Waals surface area contributed by atoms with Crippen LogP contribution in [0.1, 0.15) is 0 Å². The molecule has 3 heteroatoms. The van der Waals surface area contributed by atoms with Gasteiger partial charge in [0.05, 0.1) is 5.52 Å². The van der Waals surface area contributed by atoms with Crippen molar-refractivity contribution in [3.05, 3.63) is 63.7 Å². The van der Waals surface area contributed by atoms with E-state index < -0.39 is 0 Å². The molecule has 3 aromatic rings. The van der Waals surface area contributed by atoms with Gasteiger partial charge in [0.25, 0.3) is 0 Å². The number of hydrogen-bond donors (Lipinski definition) is 0. The predicted molar refractivity (Wildman–Crippen MR) is 82.6 cm³/mol. The first kappa shape index (κ1) is 11.9. The third-order valence-electron chi connectivity index (χ3n) is 2.85. The summed E-state index contributed by atoms with van der Waals surface area (Å²) in [5.74, 6) is 0. The largest absolute Gasteiger partial charge is 0.255 e. The van der Waals surface area contributed by atoms with Crippen LogP contribution in [0.25, 0.3) is 22.0 Å². The molecule has 1 aromatic heterocycles. The van der Waals surface area contributed by atoms with Gasteiger partial charge in [-0.3, -0.25) is 4.98 Å². The number of rotatable bonds is 1. The first-order valence-electron chi connectivity index (χ1n) is 5.55. The normalized spacial score (nSPS) is 10.8. The molecule has 2 aromatic carbocycles. The summed E-state index contributed by atoms with van der Waals surface area (Å²) in [6, 6.07) is 16.5. The highest BCUT2D eigenvalue weighted by atomic mass is 79.9. The zero-order chi connectivity index (χ0) is 12.5. The fourth-order valence-corrected chi connectivity index (χ4v) is 2.94. The minimum Gasteiger partial charge on any atom is -0.255 e. The van der Waals surface area contributed by atoms with Crippen molar-refractivity contribution in [1.82, 2.24) is 4.98 Å². The molecule has 0 amide bonds. The number of pyridine rings is 1. The molecule has 0 aliphatic heterocycles. The van der Waals surface area contributed by atoms with Crippen molar-refractivity contribution >= 4 is 42.8 Å². The maximum absolute atomic E-state index is 4.44. The Morgan fingerprint density at radius 3 is 2.44 bits per heavy atom. The smallest absolute Gasteiger partial charge is 0.0709 e. The van der Waals surface area contributed by atoms with E-state index in [1.807, 2.05) is 36.5 Å². The van der Waals surface area contributed by atoms with Gasteiger partial charge in [-0.05, 0) is 39.7 Å².